The molecule has 0 saturated carbocycles. The first-order valence-corrected chi connectivity index (χ1v) is 11.6. The molecule has 3 aromatic carbocycles. The summed E-state index contributed by atoms with van der Waals surface area (Å²) < 4.78 is -0.301. The van der Waals surface area contributed by atoms with Gasteiger partial charge in [0.25, 0.3) is 0 Å². The molecule has 0 atom stereocenters. The van der Waals surface area contributed by atoms with Gasteiger partial charge in [-0.3, -0.25) is 0 Å². The Morgan fingerprint density at radius 2 is 0.971 bits per heavy atom. The molecule has 184 valence electrons. The Morgan fingerprint density at radius 3 is 1.34 bits per heavy atom. The van der Waals surface area contributed by atoms with Crippen molar-refractivity contribution in [1.29, 1.82) is 0 Å². The standard InChI is InChI=1S/C11H15NO.C11H15N.C10H10/c1-4-10-7-5-6-8-11(10)9-12(2,3)13;1-4-10-7-5-6-8-11(10)9-12(2)3;1-3-9-7-5-6-8-10(9)4-2/h4-8H,1,9H2,2-3H3;4-8H,1,9H2,2-3H3;3-8H,1-2H2. The number of hydrogen-bond acceptors (Lipinski definition) is 2. The Hall–Kier alpha value is -3.50. The van der Waals surface area contributed by atoms with Gasteiger partial charge in [0, 0.05) is 12.1 Å². The highest BCUT2D eigenvalue weighted by molar-refractivity contribution is 5.63. The summed E-state index contributed by atoms with van der Waals surface area (Å²) in [6.07, 6.45) is 7.35. The van der Waals surface area contributed by atoms with E-state index in [1.165, 1.54) is 11.1 Å². The molecule has 0 saturated heterocycles. The van der Waals surface area contributed by atoms with Crippen molar-refractivity contribution in [2.24, 2.45) is 0 Å². The highest BCUT2D eigenvalue weighted by Crippen LogP contribution is 2.14. The van der Waals surface area contributed by atoms with Crippen molar-refractivity contribution in [3.8, 4) is 0 Å². The zero-order valence-electron chi connectivity index (χ0n) is 21.8. The maximum absolute atomic E-state index is 11.4. The molecule has 3 rings (SSSR count). The lowest BCUT2D eigenvalue weighted by atomic mass is 10.1. The molecule has 0 bridgehead atoms. The molecule has 0 radical (unpaired) electrons. The molecule has 0 aromatic heterocycles. The monoisotopic (exact) mass is 468 g/mol. The van der Waals surface area contributed by atoms with Crippen molar-refractivity contribution in [3.05, 3.63) is 138 Å². The second kappa shape index (κ2) is 15.4. The van der Waals surface area contributed by atoms with Crippen LogP contribution in [-0.4, -0.2) is 37.7 Å². The van der Waals surface area contributed by atoms with Crippen molar-refractivity contribution in [2.75, 3.05) is 28.2 Å². The van der Waals surface area contributed by atoms with Crippen LogP contribution in [0, 0.1) is 5.21 Å². The molecular formula is C32H40N2O. The van der Waals surface area contributed by atoms with Gasteiger partial charge in [-0.1, -0.05) is 123 Å². The summed E-state index contributed by atoms with van der Waals surface area (Å²) in [7, 11) is 7.42. The zero-order chi connectivity index (χ0) is 26.3. The molecule has 0 amide bonds. The van der Waals surface area contributed by atoms with Crippen molar-refractivity contribution in [1.82, 2.24) is 4.90 Å². The number of benzene rings is 3. The summed E-state index contributed by atoms with van der Waals surface area (Å²) in [6, 6.07) is 24.2. The molecule has 0 fully saturated rings. The van der Waals surface area contributed by atoms with Crippen LogP contribution in [0.1, 0.15) is 33.4 Å². The van der Waals surface area contributed by atoms with E-state index in [4.69, 9.17) is 0 Å². The second-order valence-corrected chi connectivity index (χ2v) is 8.81. The van der Waals surface area contributed by atoms with Gasteiger partial charge in [0.2, 0.25) is 0 Å². The summed E-state index contributed by atoms with van der Waals surface area (Å²) >= 11 is 0. The van der Waals surface area contributed by atoms with Crippen molar-refractivity contribution in [3.63, 3.8) is 0 Å². The molecule has 0 aliphatic heterocycles. The van der Waals surface area contributed by atoms with Crippen molar-refractivity contribution in [2.45, 2.75) is 13.1 Å². The highest BCUT2D eigenvalue weighted by atomic mass is 16.5. The van der Waals surface area contributed by atoms with E-state index in [-0.39, 0.29) is 4.65 Å². The van der Waals surface area contributed by atoms with E-state index in [1.807, 2.05) is 72.8 Å². The fourth-order valence-corrected chi connectivity index (χ4v) is 3.39. The topological polar surface area (TPSA) is 26.3 Å². The van der Waals surface area contributed by atoms with Crippen LogP contribution in [-0.2, 0) is 13.1 Å². The van der Waals surface area contributed by atoms with E-state index in [1.54, 1.807) is 20.2 Å². The molecule has 0 aliphatic rings. The van der Waals surface area contributed by atoms with E-state index in [9.17, 15) is 5.21 Å². The summed E-state index contributed by atoms with van der Waals surface area (Å²) in [5, 5.41) is 11.4. The molecular weight excluding hydrogens is 428 g/mol. The quantitative estimate of drug-likeness (QED) is 0.249. The first-order valence-electron chi connectivity index (χ1n) is 11.6. The molecule has 3 nitrogen and oxygen atoms in total. The smallest absolute Gasteiger partial charge is 0.104 e. The Bertz CT molecular complexity index is 1060. The van der Waals surface area contributed by atoms with Gasteiger partial charge >= 0.3 is 0 Å². The third-order valence-corrected chi connectivity index (χ3v) is 5.02. The molecule has 3 aromatic rings. The predicted molar refractivity (Wildman–Crippen MR) is 156 cm³/mol. The van der Waals surface area contributed by atoms with Gasteiger partial charge in [0.15, 0.2) is 0 Å². The predicted octanol–water partition coefficient (Wildman–Crippen LogP) is 7.77. The van der Waals surface area contributed by atoms with Gasteiger partial charge in [-0.05, 0) is 41.9 Å². The average molecular weight is 469 g/mol. The number of rotatable bonds is 8. The van der Waals surface area contributed by atoms with Gasteiger partial charge in [-0.2, -0.15) is 0 Å². The molecule has 0 heterocycles. The minimum absolute atomic E-state index is 0.301. The first kappa shape index (κ1) is 29.5. The fourth-order valence-electron chi connectivity index (χ4n) is 3.39. The lowest BCUT2D eigenvalue weighted by Crippen LogP contribution is -2.31. The number of nitrogens with zero attached hydrogens (tertiary/aromatic N) is 2. The first-order chi connectivity index (χ1) is 16.6. The van der Waals surface area contributed by atoms with Gasteiger partial charge < -0.3 is 14.8 Å². The van der Waals surface area contributed by atoms with Gasteiger partial charge in [-0.15, -0.1) is 0 Å². The molecule has 35 heavy (non-hydrogen) atoms. The second-order valence-electron chi connectivity index (χ2n) is 8.81. The highest BCUT2D eigenvalue weighted by Gasteiger charge is 2.06. The number of quaternary nitrogens is 1. The third-order valence-electron chi connectivity index (χ3n) is 5.02. The summed E-state index contributed by atoms with van der Waals surface area (Å²) in [6.45, 7) is 16.3. The number of hydrogen-bond donors (Lipinski definition) is 0. The van der Waals surface area contributed by atoms with Crippen LogP contribution in [0.5, 0.6) is 0 Å². The SMILES string of the molecule is C=Cc1ccccc1C=C.C=Cc1ccccc1CN(C)C.C=Cc1ccccc1C[N+](C)(C)[O-]. The van der Waals surface area contributed by atoms with Crippen LogP contribution < -0.4 is 0 Å². The van der Waals surface area contributed by atoms with Crippen LogP contribution in [0.3, 0.4) is 0 Å². The van der Waals surface area contributed by atoms with E-state index in [0.717, 1.165) is 28.8 Å². The normalized spacial score (nSPS) is 10.2. The minimum Gasteiger partial charge on any atom is -0.633 e. The zero-order valence-corrected chi connectivity index (χ0v) is 21.8. The molecule has 0 unspecified atom stereocenters. The van der Waals surface area contributed by atoms with Gasteiger partial charge in [-0.25, -0.2) is 0 Å². The van der Waals surface area contributed by atoms with E-state index < -0.39 is 0 Å². The van der Waals surface area contributed by atoms with Gasteiger partial charge in [0.05, 0.1) is 14.1 Å². The Morgan fingerprint density at radius 1 is 0.629 bits per heavy atom. The average Bonchev–Trinajstić information content (AvgIpc) is 2.84. The maximum atomic E-state index is 11.4. The lowest BCUT2D eigenvalue weighted by molar-refractivity contribution is -0.853. The fraction of sp³-hybridized carbons (Fsp3) is 0.188. The number of hydroxylamine groups is 3. The van der Waals surface area contributed by atoms with Crippen molar-refractivity contribution >= 4 is 24.3 Å². The molecule has 0 N–H and O–H groups in total. The van der Waals surface area contributed by atoms with Crippen LogP contribution in [0.15, 0.2) is 99.1 Å². The van der Waals surface area contributed by atoms with Crippen LogP contribution in [0.25, 0.3) is 24.3 Å². The van der Waals surface area contributed by atoms with E-state index in [2.05, 4.69) is 63.5 Å². The summed E-state index contributed by atoms with van der Waals surface area (Å²) in [5.74, 6) is 0. The molecule has 3 heteroatoms. The van der Waals surface area contributed by atoms with Crippen molar-refractivity contribution < 1.29 is 4.65 Å². The minimum atomic E-state index is -0.301. The third kappa shape index (κ3) is 11.5. The van der Waals surface area contributed by atoms with E-state index in [0.29, 0.717) is 6.54 Å². The molecule has 0 spiro atoms. The largest absolute Gasteiger partial charge is 0.633 e. The lowest BCUT2D eigenvalue weighted by Gasteiger charge is -2.34. The maximum Gasteiger partial charge on any atom is 0.104 e. The van der Waals surface area contributed by atoms with Crippen LogP contribution >= 0.6 is 0 Å². The van der Waals surface area contributed by atoms with Crippen LogP contribution in [0.2, 0.25) is 0 Å². The summed E-state index contributed by atoms with van der Waals surface area (Å²) in [4.78, 5) is 2.16. The van der Waals surface area contributed by atoms with E-state index >= 15 is 0 Å². The Labute approximate surface area is 212 Å². The van der Waals surface area contributed by atoms with Crippen LogP contribution in [0.4, 0.5) is 0 Å². The molecule has 0 aliphatic carbocycles. The van der Waals surface area contributed by atoms with Gasteiger partial charge in [0.1, 0.15) is 6.54 Å². The Balaban J connectivity index is 0.000000265. The Kier molecular flexibility index (Phi) is 13.0. The summed E-state index contributed by atoms with van der Waals surface area (Å²) in [5.41, 5.74) is 6.93.